The van der Waals surface area contributed by atoms with Gasteiger partial charge in [-0.15, -0.1) is 0 Å². The van der Waals surface area contributed by atoms with Crippen molar-refractivity contribution in [2.75, 3.05) is 4.90 Å². The molecule has 0 unspecified atom stereocenters. The highest BCUT2D eigenvalue weighted by atomic mass is 16.5. The highest BCUT2D eigenvalue weighted by Gasteiger charge is 2.59. The molecule has 6 rings (SSSR count). The molecule has 2 amide bonds. The van der Waals surface area contributed by atoms with E-state index in [1.54, 1.807) is 36.4 Å². The molecule has 3 aromatic rings. The lowest BCUT2D eigenvalue weighted by molar-refractivity contribution is -0.123. The molecule has 1 saturated heterocycles. The first-order valence-electron chi connectivity index (χ1n) is 11.6. The van der Waals surface area contributed by atoms with Crippen molar-refractivity contribution in [3.8, 4) is 5.75 Å². The average Bonchev–Trinajstić information content (AvgIpc) is 3.55. The monoisotopic (exact) mass is 449 g/mol. The van der Waals surface area contributed by atoms with Crippen LogP contribution in [-0.4, -0.2) is 17.8 Å². The highest BCUT2D eigenvalue weighted by molar-refractivity contribution is 6.23. The van der Waals surface area contributed by atoms with Gasteiger partial charge in [0.25, 0.3) is 0 Å². The first kappa shape index (κ1) is 20.6. The zero-order valence-corrected chi connectivity index (χ0v) is 18.5. The van der Waals surface area contributed by atoms with E-state index in [0.29, 0.717) is 17.0 Å². The van der Waals surface area contributed by atoms with E-state index >= 15 is 0 Å². The maximum Gasteiger partial charge on any atom is 0.343 e. The molecule has 1 heterocycles. The molecule has 0 radical (unpaired) electrons. The van der Waals surface area contributed by atoms with Gasteiger partial charge in [-0.3, -0.25) is 9.59 Å². The first-order valence-corrected chi connectivity index (χ1v) is 11.6. The Kier molecular flexibility index (Phi) is 4.91. The summed E-state index contributed by atoms with van der Waals surface area (Å²) in [5.41, 5.74) is 3.05. The highest BCUT2D eigenvalue weighted by Crippen LogP contribution is 2.53. The number of fused-ring (bicyclic) bond motifs is 5. The Labute approximate surface area is 197 Å². The fraction of sp³-hybridized carbons (Fsp3) is 0.207. The van der Waals surface area contributed by atoms with Crippen LogP contribution >= 0.6 is 0 Å². The zero-order valence-electron chi connectivity index (χ0n) is 18.5. The van der Waals surface area contributed by atoms with Crippen LogP contribution in [0.25, 0.3) is 0 Å². The van der Waals surface area contributed by atoms with Gasteiger partial charge in [-0.25, -0.2) is 9.69 Å². The van der Waals surface area contributed by atoms with Crippen LogP contribution in [0.5, 0.6) is 5.75 Å². The first-order chi connectivity index (χ1) is 16.6. The number of amides is 2. The van der Waals surface area contributed by atoms with E-state index in [4.69, 9.17) is 4.74 Å². The number of carbonyl (C=O) groups excluding carboxylic acids is 3. The second kappa shape index (κ2) is 8.10. The Morgan fingerprint density at radius 3 is 2.12 bits per heavy atom. The van der Waals surface area contributed by atoms with Crippen LogP contribution in [0.2, 0.25) is 0 Å². The van der Waals surface area contributed by atoms with Crippen LogP contribution in [0, 0.1) is 23.7 Å². The van der Waals surface area contributed by atoms with Gasteiger partial charge >= 0.3 is 5.97 Å². The quantitative estimate of drug-likeness (QED) is 0.243. The van der Waals surface area contributed by atoms with Crippen molar-refractivity contribution in [1.29, 1.82) is 0 Å². The van der Waals surface area contributed by atoms with Gasteiger partial charge in [0.2, 0.25) is 11.8 Å². The maximum absolute atomic E-state index is 13.1. The normalized spacial score (nSPS) is 24.5. The third-order valence-electron chi connectivity index (χ3n) is 7.20. The van der Waals surface area contributed by atoms with Crippen molar-refractivity contribution in [3.63, 3.8) is 0 Å². The average molecular weight is 450 g/mol. The Morgan fingerprint density at radius 1 is 0.794 bits per heavy atom. The summed E-state index contributed by atoms with van der Waals surface area (Å²) in [7, 11) is 0. The van der Waals surface area contributed by atoms with Crippen LogP contribution in [0.4, 0.5) is 5.69 Å². The molecule has 168 valence electrons. The lowest BCUT2D eigenvalue weighted by Gasteiger charge is -2.18. The molecule has 3 aliphatic rings. The minimum absolute atomic E-state index is 0.148. The molecule has 0 spiro atoms. The summed E-state index contributed by atoms with van der Waals surface area (Å²) in [5.74, 6) is -0.655. The van der Waals surface area contributed by atoms with Crippen molar-refractivity contribution in [3.05, 3.63) is 108 Å². The van der Waals surface area contributed by atoms with Gasteiger partial charge in [0.05, 0.1) is 23.1 Å². The molecule has 2 fully saturated rings. The molecule has 2 aliphatic carbocycles. The van der Waals surface area contributed by atoms with Gasteiger partial charge in [0, 0.05) is 0 Å². The molecule has 4 atom stereocenters. The number of hydrogen-bond acceptors (Lipinski definition) is 4. The SMILES string of the molecule is O=C(Oc1ccc(Cc2ccccc2)cc1)c1cccc(N2C(=O)[C@@H]3[C@@H](C2=O)[C@H]2C=C[C@H]3C2)c1. The number of esters is 1. The lowest BCUT2D eigenvalue weighted by atomic mass is 9.85. The van der Waals surface area contributed by atoms with Gasteiger partial charge in [-0.2, -0.15) is 0 Å². The van der Waals surface area contributed by atoms with Crippen molar-refractivity contribution in [2.45, 2.75) is 12.8 Å². The predicted octanol–water partition coefficient (Wildman–Crippen LogP) is 4.81. The van der Waals surface area contributed by atoms with Gasteiger partial charge in [0.15, 0.2) is 0 Å². The number of imide groups is 1. The number of carbonyl (C=O) groups is 3. The van der Waals surface area contributed by atoms with Crippen LogP contribution < -0.4 is 9.64 Å². The summed E-state index contributed by atoms with van der Waals surface area (Å²) in [6.07, 6.45) is 5.82. The van der Waals surface area contributed by atoms with E-state index in [9.17, 15) is 14.4 Å². The zero-order chi connectivity index (χ0) is 23.2. The Bertz CT molecular complexity index is 1280. The third-order valence-corrected chi connectivity index (χ3v) is 7.20. The molecule has 5 heteroatoms. The molecule has 5 nitrogen and oxygen atoms in total. The number of allylic oxidation sites excluding steroid dienone is 2. The number of benzene rings is 3. The van der Waals surface area contributed by atoms with Crippen LogP contribution in [-0.2, 0) is 16.0 Å². The van der Waals surface area contributed by atoms with Crippen molar-refractivity contribution < 1.29 is 19.1 Å². The van der Waals surface area contributed by atoms with Gasteiger partial charge in [-0.05, 0) is 66.1 Å². The molecular formula is C29H23NO4. The van der Waals surface area contributed by atoms with Gasteiger partial charge < -0.3 is 4.74 Å². The molecule has 0 aromatic heterocycles. The molecule has 34 heavy (non-hydrogen) atoms. The summed E-state index contributed by atoms with van der Waals surface area (Å²) in [5, 5.41) is 0. The van der Waals surface area contributed by atoms with E-state index in [1.165, 1.54) is 10.5 Å². The summed E-state index contributed by atoms with van der Waals surface area (Å²) in [6, 6.07) is 24.2. The fourth-order valence-electron chi connectivity index (χ4n) is 5.60. The standard InChI is InChI=1S/C29H23NO4/c31-27-25-20-11-12-21(16-20)26(25)28(32)30(27)23-8-4-7-22(17-23)29(33)34-24-13-9-19(10-14-24)15-18-5-2-1-3-6-18/h1-14,17,20-21,25-26H,15-16H2/t20-,21-,25-,26-/m0/s1. The minimum Gasteiger partial charge on any atom is -0.423 e. The number of rotatable bonds is 5. The number of nitrogens with zero attached hydrogens (tertiary/aromatic N) is 1. The fourth-order valence-corrected chi connectivity index (χ4v) is 5.60. The van der Waals surface area contributed by atoms with E-state index in [1.807, 2.05) is 30.3 Å². The van der Waals surface area contributed by atoms with Crippen LogP contribution in [0.15, 0.2) is 91.0 Å². The Morgan fingerprint density at radius 2 is 1.44 bits per heavy atom. The molecule has 0 N–H and O–H groups in total. The Hall–Kier alpha value is -3.99. The van der Waals surface area contributed by atoms with E-state index in [-0.39, 0.29) is 35.5 Å². The Balaban J connectivity index is 1.16. The van der Waals surface area contributed by atoms with Crippen LogP contribution in [0.3, 0.4) is 0 Å². The van der Waals surface area contributed by atoms with E-state index < -0.39 is 5.97 Å². The molecule has 1 saturated carbocycles. The largest absolute Gasteiger partial charge is 0.423 e. The molecular weight excluding hydrogens is 426 g/mol. The third kappa shape index (κ3) is 3.45. The predicted molar refractivity (Wildman–Crippen MR) is 127 cm³/mol. The summed E-state index contributed by atoms with van der Waals surface area (Å²) in [4.78, 5) is 40.2. The summed E-state index contributed by atoms with van der Waals surface area (Å²) >= 11 is 0. The van der Waals surface area contributed by atoms with E-state index in [0.717, 1.165) is 18.4 Å². The number of ether oxygens (including phenoxy) is 1. The van der Waals surface area contributed by atoms with Crippen molar-refractivity contribution >= 4 is 23.5 Å². The topological polar surface area (TPSA) is 63.7 Å². The van der Waals surface area contributed by atoms with Crippen molar-refractivity contribution in [1.82, 2.24) is 0 Å². The summed E-state index contributed by atoms with van der Waals surface area (Å²) in [6.45, 7) is 0. The number of anilines is 1. The second-order valence-electron chi connectivity index (χ2n) is 9.26. The van der Waals surface area contributed by atoms with Gasteiger partial charge in [0.1, 0.15) is 5.75 Å². The van der Waals surface area contributed by atoms with Gasteiger partial charge in [-0.1, -0.05) is 60.7 Å². The lowest BCUT2D eigenvalue weighted by Crippen LogP contribution is -2.33. The summed E-state index contributed by atoms with van der Waals surface area (Å²) < 4.78 is 5.56. The minimum atomic E-state index is -0.529. The molecule has 3 aromatic carbocycles. The number of hydrogen-bond donors (Lipinski definition) is 0. The maximum atomic E-state index is 13.1. The smallest absolute Gasteiger partial charge is 0.343 e. The van der Waals surface area contributed by atoms with Crippen LogP contribution in [0.1, 0.15) is 27.9 Å². The second-order valence-corrected chi connectivity index (χ2v) is 9.26. The molecule has 1 aliphatic heterocycles. The van der Waals surface area contributed by atoms with E-state index in [2.05, 4.69) is 24.3 Å². The van der Waals surface area contributed by atoms with Crippen molar-refractivity contribution in [2.24, 2.45) is 23.7 Å². The molecule has 2 bridgehead atoms.